The molecular formula is C14H15N3O3S. The van der Waals surface area contributed by atoms with Crippen molar-refractivity contribution in [3.05, 3.63) is 59.9 Å². The Morgan fingerprint density at radius 1 is 1.19 bits per heavy atom. The SMILES string of the molecule is CS(=O)(=O)Nc1ccccc1CNC(=O)c1cccnc1. The number of nitrogens with zero attached hydrogens (tertiary/aromatic N) is 1. The van der Waals surface area contributed by atoms with Gasteiger partial charge < -0.3 is 5.32 Å². The lowest BCUT2D eigenvalue weighted by atomic mass is 10.2. The van der Waals surface area contributed by atoms with E-state index in [1.54, 1.807) is 42.6 Å². The predicted octanol–water partition coefficient (Wildman–Crippen LogP) is 1.38. The van der Waals surface area contributed by atoms with Crippen LogP contribution in [0.25, 0.3) is 0 Å². The molecule has 0 aliphatic carbocycles. The van der Waals surface area contributed by atoms with E-state index in [9.17, 15) is 13.2 Å². The molecule has 0 atom stereocenters. The quantitative estimate of drug-likeness (QED) is 0.873. The maximum atomic E-state index is 11.9. The highest BCUT2D eigenvalue weighted by atomic mass is 32.2. The predicted molar refractivity (Wildman–Crippen MR) is 80.3 cm³/mol. The van der Waals surface area contributed by atoms with Gasteiger partial charge in [-0.25, -0.2) is 8.42 Å². The van der Waals surface area contributed by atoms with E-state index >= 15 is 0 Å². The molecule has 0 fully saturated rings. The highest BCUT2D eigenvalue weighted by Gasteiger charge is 2.09. The van der Waals surface area contributed by atoms with E-state index in [0.29, 0.717) is 16.8 Å². The van der Waals surface area contributed by atoms with Gasteiger partial charge in [-0.2, -0.15) is 0 Å². The number of anilines is 1. The summed E-state index contributed by atoms with van der Waals surface area (Å²) in [5.74, 6) is -0.266. The molecule has 2 rings (SSSR count). The smallest absolute Gasteiger partial charge is 0.253 e. The van der Waals surface area contributed by atoms with Crippen molar-refractivity contribution >= 4 is 21.6 Å². The van der Waals surface area contributed by atoms with E-state index in [4.69, 9.17) is 0 Å². The second-order valence-corrected chi connectivity index (χ2v) is 6.20. The number of pyridine rings is 1. The molecule has 0 spiro atoms. The molecule has 0 saturated carbocycles. The molecule has 2 N–H and O–H groups in total. The summed E-state index contributed by atoms with van der Waals surface area (Å²) in [7, 11) is -3.36. The van der Waals surface area contributed by atoms with Gasteiger partial charge in [0.15, 0.2) is 0 Å². The lowest BCUT2D eigenvalue weighted by Gasteiger charge is -2.11. The molecule has 0 radical (unpaired) electrons. The van der Waals surface area contributed by atoms with Crippen LogP contribution in [0.2, 0.25) is 0 Å². The van der Waals surface area contributed by atoms with Crippen LogP contribution in [0.3, 0.4) is 0 Å². The van der Waals surface area contributed by atoms with Gasteiger partial charge in [-0.1, -0.05) is 18.2 Å². The van der Waals surface area contributed by atoms with Crippen LogP contribution < -0.4 is 10.0 Å². The maximum Gasteiger partial charge on any atom is 0.253 e. The summed E-state index contributed by atoms with van der Waals surface area (Å²) in [5.41, 5.74) is 1.58. The standard InChI is InChI=1S/C14H15N3O3S/c1-21(19,20)17-13-7-3-2-5-11(13)10-16-14(18)12-6-4-8-15-9-12/h2-9,17H,10H2,1H3,(H,16,18). The van der Waals surface area contributed by atoms with Gasteiger partial charge in [0, 0.05) is 18.9 Å². The number of hydrogen-bond donors (Lipinski definition) is 2. The first-order valence-electron chi connectivity index (χ1n) is 6.19. The number of hydrogen-bond acceptors (Lipinski definition) is 4. The summed E-state index contributed by atoms with van der Waals surface area (Å²) in [6.07, 6.45) is 4.14. The van der Waals surface area contributed by atoms with E-state index in [0.717, 1.165) is 6.26 Å². The lowest BCUT2D eigenvalue weighted by Crippen LogP contribution is -2.23. The van der Waals surface area contributed by atoms with Gasteiger partial charge in [0.2, 0.25) is 10.0 Å². The maximum absolute atomic E-state index is 11.9. The fourth-order valence-electron chi connectivity index (χ4n) is 1.75. The topological polar surface area (TPSA) is 88.2 Å². The number of benzene rings is 1. The van der Waals surface area contributed by atoms with E-state index in [2.05, 4.69) is 15.0 Å². The van der Waals surface area contributed by atoms with Crippen molar-refractivity contribution in [3.63, 3.8) is 0 Å². The summed E-state index contributed by atoms with van der Waals surface area (Å²) in [4.78, 5) is 15.8. The van der Waals surface area contributed by atoms with Crippen molar-refractivity contribution in [3.8, 4) is 0 Å². The molecule has 0 saturated heterocycles. The van der Waals surface area contributed by atoms with E-state index in [1.807, 2.05) is 0 Å². The van der Waals surface area contributed by atoms with E-state index in [-0.39, 0.29) is 12.5 Å². The minimum absolute atomic E-state index is 0.215. The Bertz CT molecular complexity index is 730. The molecule has 0 unspecified atom stereocenters. The van der Waals surface area contributed by atoms with Crippen molar-refractivity contribution in [2.45, 2.75) is 6.54 Å². The Hall–Kier alpha value is -2.41. The number of sulfonamides is 1. The highest BCUT2D eigenvalue weighted by molar-refractivity contribution is 7.92. The van der Waals surface area contributed by atoms with Crippen molar-refractivity contribution in [2.75, 3.05) is 11.0 Å². The Morgan fingerprint density at radius 2 is 1.95 bits per heavy atom. The zero-order valence-corrected chi connectivity index (χ0v) is 12.2. The minimum atomic E-state index is -3.36. The van der Waals surface area contributed by atoms with Crippen LogP contribution in [0.1, 0.15) is 15.9 Å². The minimum Gasteiger partial charge on any atom is -0.348 e. The molecule has 1 heterocycles. The molecular weight excluding hydrogens is 290 g/mol. The number of aromatic nitrogens is 1. The first-order valence-corrected chi connectivity index (χ1v) is 8.09. The molecule has 1 aromatic heterocycles. The van der Waals surface area contributed by atoms with Crippen LogP contribution in [0.15, 0.2) is 48.8 Å². The van der Waals surface area contributed by atoms with Gasteiger partial charge in [-0.05, 0) is 23.8 Å². The molecule has 1 amide bonds. The number of nitrogens with one attached hydrogen (secondary N) is 2. The second-order valence-electron chi connectivity index (χ2n) is 4.46. The van der Waals surface area contributed by atoms with E-state index < -0.39 is 10.0 Å². The number of carbonyl (C=O) groups excluding carboxylic acids is 1. The molecule has 1 aromatic carbocycles. The second kappa shape index (κ2) is 6.36. The summed E-state index contributed by atoms with van der Waals surface area (Å²) in [6, 6.07) is 10.2. The summed E-state index contributed by atoms with van der Waals surface area (Å²) < 4.78 is 25.0. The summed E-state index contributed by atoms with van der Waals surface area (Å²) in [5, 5.41) is 2.73. The third-order valence-corrected chi connectivity index (χ3v) is 3.27. The molecule has 6 nitrogen and oxygen atoms in total. The van der Waals surface area contributed by atoms with Gasteiger partial charge >= 0.3 is 0 Å². The zero-order chi connectivity index (χ0) is 15.3. The Balaban J connectivity index is 2.09. The van der Waals surface area contributed by atoms with Gasteiger partial charge in [-0.15, -0.1) is 0 Å². The van der Waals surface area contributed by atoms with Crippen molar-refractivity contribution in [1.82, 2.24) is 10.3 Å². The summed E-state index contributed by atoms with van der Waals surface area (Å²) >= 11 is 0. The van der Waals surface area contributed by atoms with Crippen LogP contribution in [0.4, 0.5) is 5.69 Å². The molecule has 2 aromatic rings. The number of carbonyl (C=O) groups is 1. The van der Waals surface area contributed by atoms with Crippen molar-refractivity contribution < 1.29 is 13.2 Å². The third-order valence-electron chi connectivity index (χ3n) is 2.68. The Kier molecular flexibility index (Phi) is 4.54. The van der Waals surface area contributed by atoms with Crippen LogP contribution in [-0.4, -0.2) is 25.6 Å². The van der Waals surface area contributed by atoms with E-state index in [1.165, 1.54) is 6.20 Å². The van der Waals surface area contributed by atoms with Crippen molar-refractivity contribution in [2.24, 2.45) is 0 Å². The van der Waals surface area contributed by atoms with Crippen LogP contribution in [-0.2, 0) is 16.6 Å². The van der Waals surface area contributed by atoms with Crippen LogP contribution >= 0.6 is 0 Å². The number of amides is 1. The molecule has 110 valence electrons. The normalized spacial score (nSPS) is 10.9. The molecule has 0 bridgehead atoms. The lowest BCUT2D eigenvalue weighted by molar-refractivity contribution is 0.0950. The van der Waals surface area contributed by atoms with Gasteiger partial charge in [-0.3, -0.25) is 14.5 Å². The summed E-state index contributed by atoms with van der Waals surface area (Å²) in [6.45, 7) is 0.215. The molecule has 0 aliphatic rings. The molecule has 7 heteroatoms. The monoisotopic (exact) mass is 305 g/mol. The average molecular weight is 305 g/mol. The Labute approximate surface area is 123 Å². The molecule has 0 aliphatic heterocycles. The fraction of sp³-hybridized carbons (Fsp3) is 0.143. The largest absolute Gasteiger partial charge is 0.348 e. The van der Waals surface area contributed by atoms with Gasteiger partial charge in [0.05, 0.1) is 17.5 Å². The van der Waals surface area contributed by atoms with Crippen molar-refractivity contribution in [1.29, 1.82) is 0 Å². The Morgan fingerprint density at radius 3 is 2.62 bits per heavy atom. The highest BCUT2D eigenvalue weighted by Crippen LogP contribution is 2.16. The van der Waals surface area contributed by atoms with Gasteiger partial charge in [0.25, 0.3) is 5.91 Å². The first-order chi connectivity index (χ1) is 9.96. The van der Waals surface area contributed by atoms with Gasteiger partial charge in [0.1, 0.15) is 0 Å². The van der Waals surface area contributed by atoms with Crippen LogP contribution in [0, 0.1) is 0 Å². The van der Waals surface area contributed by atoms with Crippen LogP contribution in [0.5, 0.6) is 0 Å². The molecule has 21 heavy (non-hydrogen) atoms. The third kappa shape index (κ3) is 4.57. The zero-order valence-electron chi connectivity index (χ0n) is 11.4. The number of para-hydroxylation sites is 1. The first kappa shape index (κ1) is 15.0. The number of rotatable bonds is 5. The fourth-order valence-corrected chi connectivity index (χ4v) is 2.35. The average Bonchev–Trinajstić information content (AvgIpc) is 2.45.